The number of methoxy groups -OCH3 is 1. The maximum Gasteiger partial charge on any atom is 0.339 e. The maximum absolute atomic E-state index is 11.1. The summed E-state index contributed by atoms with van der Waals surface area (Å²) in [5.41, 5.74) is -0.175. The lowest BCUT2D eigenvalue weighted by Crippen LogP contribution is -2.06. The van der Waals surface area contributed by atoms with E-state index in [0.717, 1.165) is 0 Å². The van der Waals surface area contributed by atoms with E-state index in [2.05, 4.69) is 0 Å². The predicted octanol–water partition coefficient (Wildman–Crippen LogP) is 2.27. The lowest BCUT2D eigenvalue weighted by molar-refractivity contribution is 0.0693. The van der Waals surface area contributed by atoms with Crippen molar-refractivity contribution in [1.82, 2.24) is 0 Å². The summed E-state index contributed by atoms with van der Waals surface area (Å²) in [4.78, 5) is 11.1. The third kappa shape index (κ3) is 2.61. The summed E-state index contributed by atoms with van der Waals surface area (Å²) in [6.07, 6.45) is 0. The smallest absolute Gasteiger partial charge is 0.339 e. The van der Waals surface area contributed by atoms with Crippen LogP contribution in [-0.2, 0) is 4.74 Å². The van der Waals surface area contributed by atoms with Crippen molar-refractivity contribution < 1.29 is 24.5 Å². The van der Waals surface area contributed by atoms with Gasteiger partial charge in [-0.1, -0.05) is 24.3 Å². The first-order chi connectivity index (χ1) is 9.15. The number of hydrogen-bond donors (Lipinski definition) is 2. The van der Waals surface area contributed by atoms with Gasteiger partial charge in [0.25, 0.3) is 0 Å². The van der Waals surface area contributed by atoms with Gasteiger partial charge in [0.1, 0.15) is 23.7 Å². The van der Waals surface area contributed by atoms with Crippen molar-refractivity contribution in [2.75, 3.05) is 20.3 Å². The monoisotopic (exact) mass is 262 g/mol. The fourth-order valence-corrected chi connectivity index (χ4v) is 1.84. The van der Waals surface area contributed by atoms with Gasteiger partial charge in [-0.2, -0.15) is 0 Å². The van der Waals surface area contributed by atoms with E-state index in [4.69, 9.17) is 14.6 Å². The summed E-state index contributed by atoms with van der Waals surface area (Å²) >= 11 is 0. The number of aromatic carboxylic acids is 1. The number of aromatic hydroxyl groups is 1. The Morgan fingerprint density at radius 1 is 1.21 bits per heavy atom. The lowest BCUT2D eigenvalue weighted by atomic mass is 10.0. The van der Waals surface area contributed by atoms with Crippen LogP contribution in [0.2, 0.25) is 0 Å². The van der Waals surface area contributed by atoms with Crippen LogP contribution in [0.25, 0.3) is 10.8 Å². The van der Waals surface area contributed by atoms with Crippen LogP contribution in [0.5, 0.6) is 11.5 Å². The SMILES string of the molecule is COCCOc1cc(C(=O)O)c(O)c2ccccc12. The minimum absolute atomic E-state index is 0.175. The molecule has 0 amide bonds. The molecule has 0 aliphatic carbocycles. The Kier molecular flexibility index (Phi) is 3.87. The number of fused-ring (bicyclic) bond motifs is 1. The van der Waals surface area contributed by atoms with E-state index in [1.54, 1.807) is 31.4 Å². The molecule has 0 spiro atoms. The molecule has 5 nitrogen and oxygen atoms in total. The maximum atomic E-state index is 11.1. The summed E-state index contributed by atoms with van der Waals surface area (Å²) < 4.78 is 10.4. The van der Waals surface area contributed by atoms with Gasteiger partial charge >= 0.3 is 5.97 Å². The quantitative estimate of drug-likeness (QED) is 0.808. The average Bonchev–Trinajstić information content (AvgIpc) is 2.41. The van der Waals surface area contributed by atoms with Crippen molar-refractivity contribution in [3.05, 3.63) is 35.9 Å². The zero-order valence-electron chi connectivity index (χ0n) is 10.4. The molecule has 0 unspecified atom stereocenters. The third-order valence-corrected chi connectivity index (χ3v) is 2.75. The van der Waals surface area contributed by atoms with Crippen molar-refractivity contribution in [2.45, 2.75) is 0 Å². The Bertz CT molecular complexity index is 606. The van der Waals surface area contributed by atoms with Crippen LogP contribution in [0.3, 0.4) is 0 Å². The number of carboxylic acid groups (broad SMARTS) is 1. The van der Waals surface area contributed by atoms with Gasteiger partial charge in [0.15, 0.2) is 0 Å². The topological polar surface area (TPSA) is 76.0 Å². The van der Waals surface area contributed by atoms with Crippen LogP contribution >= 0.6 is 0 Å². The second kappa shape index (κ2) is 5.58. The molecule has 0 bridgehead atoms. The Labute approximate surface area is 110 Å². The van der Waals surface area contributed by atoms with Crippen LogP contribution < -0.4 is 4.74 Å². The highest BCUT2D eigenvalue weighted by atomic mass is 16.5. The van der Waals surface area contributed by atoms with E-state index >= 15 is 0 Å². The van der Waals surface area contributed by atoms with Gasteiger partial charge in [0.05, 0.1) is 6.61 Å². The molecule has 0 aromatic heterocycles. The first-order valence-corrected chi connectivity index (χ1v) is 5.75. The number of carbonyl (C=O) groups is 1. The normalized spacial score (nSPS) is 10.6. The largest absolute Gasteiger partial charge is 0.506 e. The molecule has 19 heavy (non-hydrogen) atoms. The van der Waals surface area contributed by atoms with E-state index in [1.165, 1.54) is 6.07 Å². The van der Waals surface area contributed by atoms with Crippen molar-refractivity contribution in [1.29, 1.82) is 0 Å². The highest BCUT2D eigenvalue weighted by Crippen LogP contribution is 2.35. The number of benzene rings is 2. The fourth-order valence-electron chi connectivity index (χ4n) is 1.84. The Morgan fingerprint density at radius 3 is 2.53 bits per heavy atom. The Hall–Kier alpha value is -2.27. The zero-order chi connectivity index (χ0) is 13.8. The summed E-state index contributed by atoms with van der Waals surface area (Å²) in [7, 11) is 1.56. The number of hydrogen-bond acceptors (Lipinski definition) is 4. The zero-order valence-corrected chi connectivity index (χ0v) is 10.4. The van der Waals surface area contributed by atoms with Gasteiger partial charge in [-0.25, -0.2) is 4.79 Å². The summed E-state index contributed by atoms with van der Waals surface area (Å²) in [6, 6.07) is 8.27. The van der Waals surface area contributed by atoms with Gasteiger partial charge in [0, 0.05) is 17.9 Å². The molecule has 0 atom stereocenters. The summed E-state index contributed by atoms with van der Waals surface area (Å²) in [6.45, 7) is 0.710. The minimum atomic E-state index is -1.19. The summed E-state index contributed by atoms with van der Waals surface area (Å²) in [5, 5.41) is 20.2. The molecule has 2 aromatic rings. The van der Waals surface area contributed by atoms with Crippen LogP contribution in [0.4, 0.5) is 0 Å². The number of carboxylic acids is 1. The first-order valence-electron chi connectivity index (χ1n) is 5.75. The molecule has 0 aliphatic heterocycles. The van der Waals surface area contributed by atoms with E-state index in [1.807, 2.05) is 0 Å². The minimum Gasteiger partial charge on any atom is -0.506 e. The molecule has 5 heteroatoms. The molecule has 100 valence electrons. The van der Waals surface area contributed by atoms with Crippen LogP contribution in [0.15, 0.2) is 30.3 Å². The van der Waals surface area contributed by atoms with Gasteiger partial charge in [-0.3, -0.25) is 0 Å². The molecule has 0 saturated heterocycles. The number of ether oxygens (including phenoxy) is 2. The van der Waals surface area contributed by atoms with Gasteiger partial charge in [0.2, 0.25) is 0 Å². The average molecular weight is 262 g/mol. The van der Waals surface area contributed by atoms with Gasteiger partial charge in [-0.15, -0.1) is 0 Å². The van der Waals surface area contributed by atoms with Gasteiger partial charge < -0.3 is 19.7 Å². The molecule has 0 heterocycles. The Balaban J connectivity index is 2.54. The van der Waals surface area contributed by atoms with Crippen molar-refractivity contribution in [3.63, 3.8) is 0 Å². The molecular weight excluding hydrogens is 248 g/mol. The van der Waals surface area contributed by atoms with Crippen LogP contribution in [0.1, 0.15) is 10.4 Å². The third-order valence-electron chi connectivity index (χ3n) is 2.75. The van der Waals surface area contributed by atoms with E-state index < -0.39 is 5.97 Å². The number of phenols is 1. The Morgan fingerprint density at radius 2 is 1.89 bits per heavy atom. The van der Waals surface area contributed by atoms with Gasteiger partial charge in [-0.05, 0) is 6.07 Å². The highest BCUT2D eigenvalue weighted by molar-refractivity contribution is 6.03. The predicted molar refractivity (Wildman–Crippen MR) is 69.9 cm³/mol. The standard InChI is InChI=1S/C14H14O5/c1-18-6-7-19-12-8-11(14(16)17)13(15)10-5-3-2-4-9(10)12/h2-5,8,15H,6-7H2,1H3,(H,16,17). The van der Waals surface area contributed by atoms with Crippen molar-refractivity contribution in [2.24, 2.45) is 0 Å². The van der Waals surface area contributed by atoms with E-state index in [9.17, 15) is 9.90 Å². The van der Waals surface area contributed by atoms with Crippen molar-refractivity contribution >= 4 is 16.7 Å². The molecule has 2 rings (SSSR count). The molecule has 0 saturated carbocycles. The second-order valence-electron chi connectivity index (χ2n) is 3.96. The van der Waals surface area contributed by atoms with Crippen LogP contribution in [-0.4, -0.2) is 36.5 Å². The van der Waals surface area contributed by atoms with E-state index in [0.29, 0.717) is 29.7 Å². The molecule has 0 radical (unpaired) electrons. The number of rotatable bonds is 5. The molecule has 2 N–H and O–H groups in total. The lowest BCUT2D eigenvalue weighted by Gasteiger charge is -2.12. The van der Waals surface area contributed by atoms with Crippen LogP contribution in [0, 0.1) is 0 Å². The second-order valence-corrected chi connectivity index (χ2v) is 3.96. The summed E-state index contributed by atoms with van der Waals surface area (Å²) in [5.74, 6) is -1.02. The first kappa shape index (κ1) is 13.2. The highest BCUT2D eigenvalue weighted by Gasteiger charge is 2.16. The van der Waals surface area contributed by atoms with Crippen molar-refractivity contribution in [3.8, 4) is 11.5 Å². The molecular formula is C14H14O5. The molecule has 0 aliphatic rings. The fraction of sp³-hybridized carbons (Fsp3) is 0.214. The van der Waals surface area contributed by atoms with E-state index in [-0.39, 0.29) is 11.3 Å². The molecule has 2 aromatic carbocycles. The molecule has 0 fully saturated rings.